The number of nitrogens with zero attached hydrogens (tertiary/aromatic N) is 1. The summed E-state index contributed by atoms with van der Waals surface area (Å²) in [5, 5.41) is 8.95. The van der Waals surface area contributed by atoms with E-state index in [1.54, 1.807) is 25.3 Å². The number of pyridine rings is 1. The van der Waals surface area contributed by atoms with Gasteiger partial charge in [-0.2, -0.15) is 0 Å². The maximum absolute atomic E-state index is 8.95. The molecule has 1 atom stereocenters. The minimum Gasteiger partial charge on any atom is -0.394 e. The largest absolute Gasteiger partial charge is 0.394 e. The molecule has 0 bridgehead atoms. The summed E-state index contributed by atoms with van der Waals surface area (Å²) in [6.45, 7) is 1.62. The first kappa shape index (κ1) is 8.96. The van der Waals surface area contributed by atoms with Gasteiger partial charge in [0.1, 0.15) is 5.82 Å². The molecule has 4 heteroatoms. The van der Waals surface area contributed by atoms with Crippen molar-refractivity contribution in [3.05, 3.63) is 23.9 Å². The molecule has 5 N–H and O–H groups in total. The van der Waals surface area contributed by atoms with Gasteiger partial charge in [0, 0.05) is 6.20 Å². The molecule has 1 aromatic rings. The van der Waals surface area contributed by atoms with Crippen LogP contribution < -0.4 is 11.5 Å². The van der Waals surface area contributed by atoms with Crippen LogP contribution in [0, 0.1) is 0 Å². The molecule has 0 aromatic carbocycles. The van der Waals surface area contributed by atoms with Crippen molar-refractivity contribution >= 4 is 5.82 Å². The Morgan fingerprint density at radius 2 is 2.33 bits per heavy atom. The van der Waals surface area contributed by atoms with Gasteiger partial charge in [0.25, 0.3) is 0 Å². The van der Waals surface area contributed by atoms with Gasteiger partial charge >= 0.3 is 0 Å². The van der Waals surface area contributed by atoms with E-state index in [0.717, 1.165) is 5.56 Å². The van der Waals surface area contributed by atoms with Crippen LogP contribution in [0.25, 0.3) is 0 Å². The van der Waals surface area contributed by atoms with Gasteiger partial charge in [-0.1, -0.05) is 0 Å². The van der Waals surface area contributed by atoms with E-state index in [1.165, 1.54) is 0 Å². The number of aliphatic hydroxyl groups excluding tert-OH is 1. The lowest BCUT2D eigenvalue weighted by atomic mass is 9.95. The molecule has 12 heavy (non-hydrogen) atoms. The maximum Gasteiger partial charge on any atom is 0.123 e. The summed E-state index contributed by atoms with van der Waals surface area (Å²) in [5.41, 5.74) is 11.3. The molecule has 1 rings (SSSR count). The topological polar surface area (TPSA) is 85.2 Å². The van der Waals surface area contributed by atoms with Crippen LogP contribution in [0.3, 0.4) is 0 Å². The molecule has 0 spiro atoms. The van der Waals surface area contributed by atoms with E-state index in [1.807, 2.05) is 0 Å². The summed E-state index contributed by atoms with van der Waals surface area (Å²) in [6.07, 6.45) is 1.57. The van der Waals surface area contributed by atoms with Crippen molar-refractivity contribution < 1.29 is 5.11 Å². The highest BCUT2D eigenvalue weighted by atomic mass is 16.3. The van der Waals surface area contributed by atoms with Crippen molar-refractivity contribution in [1.82, 2.24) is 4.98 Å². The van der Waals surface area contributed by atoms with Crippen LogP contribution in [0.4, 0.5) is 5.82 Å². The first-order valence-electron chi connectivity index (χ1n) is 3.68. The Morgan fingerprint density at radius 1 is 1.67 bits per heavy atom. The molecule has 0 radical (unpaired) electrons. The van der Waals surface area contributed by atoms with Gasteiger partial charge in [-0.25, -0.2) is 4.98 Å². The Bertz CT molecular complexity index is 273. The van der Waals surface area contributed by atoms with E-state index in [-0.39, 0.29) is 6.61 Å². The first-order valence-corrected chi connectivity index (χ1v) is 3.68. The van der Waals surface area contributed by atoms with Gasteiger partial charge in [0.15, 0.2) is 0 Å². The zero-order chi connectivity index (χ0) is 9.19. The number of nitrogens with two attached hydrogens (primary N) is 2. The molecule has 0 amide bonds. The van der Waals surface area contributed by atoms with Crippen LogP contribution in [-0.2, 0) is 5.54 Å². The quantitative estimate of drug-likeness (QED) is 0.571. The third kappa shape index (κ3) is 1.72. The second kappa shape index (κ2) is 3.08. The van der Waals surface area contributed by atoms with E-state index in [0.29, 0.717) is 5.82 Å². The summed E-state index contributed by atoms with van der Waals surface area (Å²) in [7, 11) is 0. The highest BCUT2D eigenvalue weighted by molar-refractivity contribution is 5.35. The Labute approximate surface area is 71.2 Å². The second-order valence-electron chi connectivity index (χ2n) is 3.04. The van der Waals surface area contributed by atoms with Crippen molar-refractivity contribution in [2.75, 3.05) is 12.3 Å². The first-order chi connectivity index (χ1) is 5.56. The number of aromatic nitrogens is 1. The Hall–Kier alpha value is -1.13. The van der Waals surface area contributed by atoms with Crippen molar-refractivity contribution in [3.63, 3.8) is 0 Å². The summed E-state index contributed by atoms with van der Waals surface area (Å²) in [6, 6.07) is 3.41. The molecule has 1 heterocycles. The molecule has 1 aromatic heterocycles. The number of hydrogen-bond donors (Lipinski definition) is 3. The predicted molar refractivity (Wildman–Crippen MR) is 47.3 cm³/mol. The highest BCUT2D eigenvalue weighted by Crippen LogP contribution is 2.17. The molecule has 66 valence electrons. The molecule has 0 saturated carbocycles. The second-order valence-corrected chi connectivity index (χ2v) is 3.04. The number of anilines is 1. The normalized spacial score (nSPS) is 15.6. The van der Waals surface area contributed by atoms with Crippen LogP contribution in [0.1, 0.15) is 12.5 Å². The summed E-state index contributed by atoms with van der Waals surface area (Å²) in [4.78, 5) is 3.83. The van der Waals surface area contributed by atoms with Crippen LogP contribution in [0.5, 0.6) is 0 Å². The highest BCUT2D eigenvalue weighted by Gasteiger charge is 2.19. The van der Waals surface area contributed by atoms with Gasteiger partial charge in [0.05, 0.1) is 12.1 Å². The van der Waals surface area contributed by atoms with Crippen LogP contribution in [0.2, 0.25) is 0 Å². The van der Waals surface area contributed by atoms with Crippen molar-refractivity contribution in [1.29, 1.82) is 0 Å². The van der Waals surface area contributed by atoms with Crippen molar-refractivity contribution in [3.8, 4) is 0 Å². The monoisotopic (exact) mass is 167 g/mol. The SMILES string of the molecule is CC(N)(CO)c1ccnc(N)c1. The Balaban J connectivity index is 3.03. The van der Waals surface area contributed by atoms with Gasteiger partial charge in [-0.3, -0.25) is 0 Å². The Kier molecular flexibility index (Phi) is 2.30. The van der Waals surface area contributed by atoms with E-state index < -0.39 is 5.54 Å². The number of nitrogen functional groups attached to an aromatic ring is 1. The minimum atomic E-state index is -0.739. The van der Waals surface area contributed by atoms with Crippen molar-refractivity contribution in [2.45, 2.75) is 12.5 Å². The standard InChI is InChI=1S/C8H13N3O/c1-8(10,5-12)6-2-3-11-7(9)4-6/h2-4,12H,5,10H2,1H3,(H2,9,11). The van der Waals surface area contributed by atoms with Crippen molar-refractivity contribution in [2.24, 2.45) is 5.73 Å². The third-order valence-electron chi connectivity index (χ3n) is 1.77. The lowest BCUT2D eigenvalue weighted by molar-refractivity contribution is 0.210. The lowest BCUT2D eigenvalue weighted by Crippen LogP contribution is -2.37. The average molecular weight is 167 g/mol. The summed E-state index contributed by atoms with van der Waals surface area (Å²) in [5.74, 6) is 0.414. The fourth-order valence-corrected chi connectivity index (χ4v) is 0.895. The fraction of sp³-hybridized carbons (Fsp3) is 0.375. The molecular weight excluding hydrogens is 154 g/mol. The fourth-order valence-electron chi connectivity index (χ4n) is 0.895. The number of hydrogen-bond acceptors (Lipinski definition) is 4. The van der Waals surface area contributed by atoms with E-state index in [2.05, 4.69) is 4.98 Å². The molecule has 0 fully saturated rings. The smallest absolute Gasteiger partial charge is 0.123 e. The predicted octanol–water partition coefficient (Wildman–Crippen LogP) is -0.170. The molecular formula is C8H13N3O. The van der Waals surface area contributed by atoms with E-state index >= 15 is 0 Å². The maximum atomic E-state index is 8.95. The van der Waals surface area contributed by atoms with E-state index in [9.17, 15) is 0 Å². The van der Waals surface area contributed by atoms with Gasteiger partial charge in [-0.15, -0.1) is 0 Å². The lowest BCUT2D eigenvalue weighted by Gasteiger charge is -2.21. The molecule has 0 aliphatic carbocycles. The minimum absolute atomic E-state index is 0.115. The molecule has 0 aliphatic rings. The van der Waals surface area contributed by atoms with Crippen LogP contribution in [0.15, 0.2) is 18.3 Å². The zero-order valence-electron chi connectivity index (χ0n) is 6.99. The zero-order valence-corrected chi connectivity index (χ0v) is 6.99. The van der Waals surface area contributed by atoms with Gasteiger partial charge in [-0.05, 0) is 24.6 Å². The third-order valence-corrected chi connectivity index (χ3v) is 1.77. The van der Waals surface area contributed by atoms with Gasteiger partial charge in [0.2, 0.25) is 0 Å². The Morgan fingerprint density at radius 3 is 2.83 bits per heavy atom. The number of aliphatic hydroxyl groups is 1. The summed E-state index contributed by atoms with van der Waals surface area (Å²) >= 11 is 0. The number of rotatable bonds is 2. The molecule has 0 aliphatic heterocycles. The van der Waals surface area contributed by atoms with E-state index in [4.69, 9.17) is 16.6 Å². The molecule has 4 nitrogen and oxygen atoms in total. The van der Waals surface area contributed by atoms with Gasteiger partial charge < -0.3 is 16.6 Å². The average Bonchev–Trinajstić information content (AvgIpc) is 2.05. The molecule has 1 unspecified atom stereocenters. The summed E-state index contributed by atoms with van der Waals surface area (Å²) < 4.78 is 0. The van der Waals surface area contributed by atoms with Crippen LogP contribution in [-0.4, -0.2) is 16.7 Å². The molecule has 0 saturated heterocycles. The van der Waals surface area contributed by atoms with Crippen LogP contribution >= 0.6 is 0 Å².